The van der Waals surface area contributed by atoms with Gasteiger partial charge in [-0.15, -0.1) is 11.3 Å². The molecule has 1 aromatic carbocycles. The predicted octanol–water partition coefficient (Wildman–Crippen LogP) is 3.22. The number of pyridine rings is 1. The number of benzene rings is 1. The summed E-state index contributed by atoms with van der Waals surface area (Å²) in [5.74, 6) is -0.346. The minimum absolute atomic E-state index is 0. The predicted molar refractivity (Wildman–Crippen MR) is 150 cm³/mol. The highest BCUT2D eigenvalue weighted by Gasteiger charge is 2.21. The molecule has 0 atom stereocenters. The monoisotopic (exact) mass is 602 g/mol. The van der Waals surface area contributed by atoms with Gasteiger partial charge in [0.1, 0.15) is 10.8 Å². The quantitative estimate of drug-likeness (QED) is 0.192. The number of carbonyl (C=O) groups excluding carboxylic acids is 1. The summed E-state index contributed by atoms with van der Waals surface area (Å²) in [4.78, 5) is 22.8. The molecule has 0 saturated heterocycles. The number of carbonyl (C=O) groups is 1. The van der Waals surface area contributed by atoms with Crippen LogP contribution in [0.15, 0.2) is 42.7 Å². The number of rotatable bonds is 11. The normalized spacial score (nSPS) is 14.0. The van der Waals surface area contributed by atoms with E-state index in [2.05, 4.69) is 35.0 Å². The minimum Gasteiger partial charge on any atom is -1.00 e. The van der Waals surface area contributed by atoms with Gasteiger partial charge in [0, 0.05) is 30.9 Å². The molecular formula is C29H36BrFN4O2S. The van der Waals surface area contributed by atoms with E-state index in [1.165, 1.54) is 6.07 Å². The van der Waals surface area contributed by atoms with Crippen molar-refractivity contribution in [2.45, 2.75) is 39.5 Å². The Hall–Kier alpha value is -2.62. The van der Waals surface area contributed by atoms with Crippen molar-refractivity contribution in [3.63, 3.8) is 0 Å². The number of aryl methyl sites for hydroxylation is 1. The molecule has 9 heteroatoms. The van der Waals surface area contributed by atoms with Crippen LogP contribution < -0.4 is 21.9 Å². The van der Waals surface area contributed by atoms with Gasteiger partial charge in [0.25, 0.3) is 0 Å². The van der Waals surface area contributed by atoms with Crippen molar-refractivity contribution in [2.75, 3.05) is 45.2 Å². The summed E-state index contributed by atoms with van der Waals surface area (Å²) in [5, 5.41) is 0.818. The number of nitrogens with zero attached hydrogens (tertiary/aromatic N) is 4. The summed E-state index contributed by atoms with van der Waals surface area (Å²) in [5.41, 5.74) is 4.13. The van der Waals surface area contributed by atoms with E-state index >= 15 is 4.39 Å². The Labute approximate surface area is 239 Å². The van der Waals surface area contributed by atoms with Gasteiger partial charge < -0.3 is 31.1 Å². The van der Waals surface area contributed by atoms with Crippen molar-refractivity contribution in [3.8, 4) is 0 Å². The summed E-state index contributed by atoms with van der Waals surface area (Å²) in [6, 6.07) is 7.35. The SMILES string of the molecule is CCOC(=O)CCC[N+](C)(C)CCCCN1C=C/C(=C\c2nc3ncc(C)cc3s2)c2c(F)cccc21.[Br-]. The second-order valence-electron chi connectivity index (χ2n) is 10.1. The molecule has 6 nitrogen and oxygen atoms in total. The second kappa shape index (κ2) is 13.4. The van der Waals surface area contributed by atoms with Gasteiger partial charge in [-0.05, 0) is 68.2 Å². The Morgan fingerprint density at radius 3 is 2.79 bits per heavy atom. The van der Waals surface area contributed by atoms with Crippen molar-refractivity contribution in [2.24, 2.45) is 0 Å². The van der Waals surface area contributed by atoms with E-state index in [4.69, 9.17) is 4.74 Å². The summed E-state index contributed by atoms with van der Waals surface area (Å²) in [6.45, 7) is 7.05. The third-order valence-electron chi connectivity index (χ3n) is 6.57. The number of thiazole rings is 1. The lowest BCUT2D eigenvalue weighted by atomic mass is 9.98. The number of fused-ring (bicyclic) bond motifs is 2. The van der Waals surface area contributed by atoms with E-state index in [1.54, 1.807) is 17.4 Å². The molecule has 38 heavy (non-hydrogen) atoms. The molecular weight excluding hydrogens is 567 g/mol. The average molecular weight is 604 g/mol. The van der Waals surface area contributed by atoms with Crippen LogP contribution in [0.1, 0.15) is 48.7 Å². The number of esters is 1. The Balaban J connectivity index is 0.00000400. The standard InChI is InChI=1S/C29H36FN4O2S.BrH/c1-5-36-27(35)12-9-17-34(3,4)16-7-6-14-33-15-13-22(28-23(30)10-8-11-24(28)33)19-26-32-29-25(37-26)18-21(2)20-31-29;/h8,10-11,13,15,18-20H,5-7,9,12,14,16-17H2,1-4H3;1H/q+1;/p-1/b22-19+;. The highest BCUT2D eigenvalue weighted by atomic mass is 79.9. The summed E-state index contributed by atoms with van der Waals surface area (Å²) in [7, 11) is 4.40. The molecule has 0 unspecified atom stereocenters. The number of hydrogen-bond acceptors (Lipinski definition) is 6. The van der Waals surface area contributed by atoms with Gasteiger partial charge >= 0.3 is 5.97 Å². The lowest BCUT2D eigenvalue weighted by molar-refractivity contribution is -0.890. The Morgan fingerprint density at radius 1 is 1.21 bits per heavy atom. The summed E-state index contributed by atoms with van der Waals surface area (Å²) >= 11 is 1.57. The van der Waals surface area contributed by atoms with E-state index in [0.29, 0.717) is 18.6 Å². The lowest BCUT2D eigenvalue weighted by Crippen LogP contribution is -3.00. The molecule has 4 rings (SSSR count). The van der Waals surface area contributed by atoms with E-state index in [1.807, 2.05) is 44.5 Å². The molecule has 0 bridgehead atoms. The number of unbranched alkanes of at least 4 members (excludes halogenated alkanes) is 1. The first-order valence-electron chi connectivity index (χ1n) is 12.9. The molecule has 1 aliphatic heterocycles. The highest BCUT2D eigenvalue weighted by Crippen LogP contribution is 2.37. The molecule has 2 aromatic heterocycles. The largest absolute Gasteiger partial charge is 1.00 e. The molecule has 0 radical (unpaired) electrons. The maximum absolute atomic E-state index is 15.1. The zero-order valence-electron chi connectivity index (χ0n) is 22.5. The van der Waals surface area contributed by atoms with E-state index in [0.717, 1.165) is 75.6 Å². The molecule has 0 amide bonds. The minimum atomic E-state index is -0.229. The second-order valence-corrected chi connectivity index (χ2v) is 11.2. The molecule has 204 valence electrons. The third-order valence-corrected chi connectivity index (χ3v) is 7.50. The van der Waals surface area contributed by atoms with Gasteiger partial charge in [-0.2, -0.15) is 0 Å². The fourth-order valence-corrected chi connectivity index (χ4v) is 5.61. The Morgan fingerprint density at radius 2 is 2.00 bits per heavy atom. The van der Waals surface area contributed by atoms with Crippen LogP contribution in [0.5, 0.6) is 0 Å². The van der Waals surface area contributed by atoms with Crippen LogP contribution in [0.3, 0.4) is 0 Å². The molecule has 0 fully saturated rings. The van der Waals surface area contributed by atoms with Crippen LogP contribution in [0.25, 0.3) is 22.0 Å². The summed E-state index contributed by atoms with van der Waals surface area (Å²) in [6.07, 6.45) is 11.1. The summed E-state index contributed by atoms with van der Waals surface area (Å²) < 4.78 is 22.0. The zero-order chi connectivity index (χ0) is 26.4. The maximum Gasteiger partial charge on any atom is 0.305 e. The number of quaternary nitrogens is 1. The molecule has 3 heterocycles. The molecule has 1 aliphatic rings. The van der Waals surface area contributed by atoms with E-state index in [-0.39, 0.29) is 28.8 Å². The number of allylic oxidation sites excluding steroid dienone is 2. The van der Waals surface area contributed by atoms with Crippen LogP contribution in [0, 0.1) is 12.7 Å². The fourth-order valence-electron chi connectivity index (χ4n) is 4.63. The van der Waals surface area contributed by atoms with Crippen molar-refractivity contribution in [1.29, 1.82) is 0 Å². The fraction of sp³-hybridized carbons (Fsp3) is 0.414. The van der Waals surface area contributed by atoms with Crippen LogP contribution in [-0.4, -0.2) is 60.8 Å². The van der Waals surface area contributed by atoms with Gasteiger partial charge in [-0.3, -0.25) is 4.79 Å². The number of ether oxygens (including phenoxy) is 1. The first-order valence-corrected chi connectivity index (χ1v) is 13.7. The highest BCUT2D eigenvalue weighted by molar-refractivity contribution is 7.19. The first kappa shape index (κ1) is 29.9. The van der Waals surface area contributed by atoms with Gasteiger partial charge in [0.15, 0.2) is 5.65 Å². The Kier molecular flexibility index (Phi) is 10.6. The number of anilines is 1. The smallest absolute Gasteiger partial charge is 0.305 e. The molecule has 3 aromatic rings. The van der Waals surface area contributed by atoms with Crippen LogP contribution in [-0.2, 0) is 9.53 Å². The topological polar surface area (TPSA) is 55.3 Å². The lowest BCUT2D eigenvalue weighted by Gasteiger charge is -2.31. The van der Waals surface area contributed by atoms with Crippen LogP contribution in [0.2, 0.25) is 0 Å². The number of halogens is 2. The van der Waals surface area contributed by atoms with E-state index in [9.17, 15) is 4.79 Å². The third kappa shape index (κ3) is 7.71. The average Bonchev–Trinajstić information content (AvgIpc) is 3.24. The van der Waals surface area contributed by atoms with Crippen molar-refractivity contribution in [3.05, 3.63) is 64.7 Å². The van der Waals surface area contributed by atoms with Crippen LogP contribution in [0.4, 0.5) is 10.1 Å². The molecule has 0 spiro atoms. The van der Waals surface area contributed by atoms with Crippen molar-refractivity contribution in [1.82, 2.24) is 9.97 Å². The van der Waals surface area contributed by atoms with Gasteiger partial charge in [0.2, 0.25) is 0 Å². The zero-order valence-corrected chi connectivity index (χ0v) is 24.9. The van der Waals surface area contributed by atoms with Crippen molar-refractivity contribution >= 4 is 45.0 Å². The van der Waals surface area contributed by atoms with Crippen LogP contribution >= 0.6 is 11.3 Å². The van der Waals surface area contributed by atoms with Gasteiger partial charge in [-0.1, -0.05) is 6.07 Å². The van der Waals surface area contributed by atoms with E-state index < -0.39 is 0 Å². The number of hydrogen-bond donors (Lipinski definition) is 0. The van der Waals surface area contributed by atoms with Gasteiger partial charge in [-0.25, -0.2) is 14.4 Å². The van der Waals surface area contributed by atoms with Crippen molar-refractivity contribution < 1.29 is 35.4 Å². The molecule has 0 aliphatic carbocycles. The Bertz CT molecular complexity index is 1320. The molecule has 0 N–H and O–H groups in total. The molecule has 0 saturated carbocycles. The number of aromatic nitrogens is 2. The first-order chi connectivity index (χ1) is 17.8. The van der Waals surface area contributed by atoms with Gasteiger partial charge in [0.05, 0.1) is 50.6 Å². The maximum atomic E-state index is 15.1.